The first-order valence-electron chi connectivity index (χ1n) is 7.96. The van der Waals surface area contributed by atoms with Crippen molar-refractivity contribution in [1.29, 1.82) is 0 Å². The molecule has 130 valence electrons. The molecule has 1 N–H and O–H groups in total. The fraction of sp³-hybridized carbons (Fsp3) is 0.0476. The number of hydrogen-bond donors (Lipinski definition) is 1. The van der Waals surface area contributed by atoms with Crippen LogP contribution in [0.2, 0.25) is 0 Å². The number of halogens is 2. The van der Waals surface area contributed by atoms with Crippen LogP contribution in [0.5, 0.6) is 0 Å². The molecule has 5 heteroatoms. The van der Waals surface area contributed by atoms with Crippen molar-refractivity contribution >= 4 is 11.7 Å². The minimum absolute atomic E-state index is 0.0542. The van der Waals surface area contributed by atoms with Gasteiger partial charge in [-0.3, -0.25) is 9.59 Å². The smallest absolute Gasteiger partial charge is 0.252 e. The van der Waals surface area contributed by atoms with Gasteiger partial charge in [0, 0.05) is 23.7 Å². The lowest BCUT2D eigenvalue weighted by Crippen LogP contribution is -2.25. The number of carbonyl (C=O) groups is 2. The predicted molar refractivity (Wildman–Crippen MR) is 93.8 cm³/mol. The summed E-state index contributed by atoms with van der Waals surface area (Å²) in [5.41, 5.74) is 1.24. The summed E-state index contributed by atoms with van der Waals surface area (Å²) in [4.78, 5) is 25.1. The summed E-state index contributed by atoms with van der Waals surface area (Å²) in [6.07, 6.45) is 0. The van der Waals surface area contributed by atoms with Crippen molar-refractivity contribution in [1.82, 2.24) is 5.32 Å². The van der Waals surface area contributed by atoms with Crippen LogP contribution in [-0.4, -0.2) is 11.7 Å². The summed E-state index contributed by atoms with van der Waals surface area (Å²) >= 11 is 0. The first-order chi connectivity index (χ1) is 12.5. The first kappa shape index (κ1) is 17.5. The van der Waals surface area contributed by atoms with Crippen LogP contribution in [0.25, 0.3) is 0 Å². The lowest BCUT2D eigenvalue weighted by Gasteiger charge is -2.10. The molecular formula is C21H15F2NO2. The Hall–Kier alpha value is -3.34. The molecule has 0 atom stereocenters. The van der Waals surface area contributed by atoms with Crippen LogP contribution >= 0.6 is 0 Å². The molecule has 0 saturated carbocycles. The summed E-state index contributed by atoms with van der Waals surface area (Å²) < 4.78 is 26.5. The Labute approximate surface area is 149 Å². The van der Waals surface area contributed by atoms with Crippen molar-refractivity contribution in [3.63, 3.8) is 0 Å². The molecule has 0 aliphatic heterocycles. The average molecular weight is 351 g/mol. The number of amides is 1. The lowest BCUT2D eigenvalue weighted by molar-refractivity contribution is 0.0939. The molecule has 0 bridgehead atoms. The number of hydrogen-bond acceptors (Lipinski definition) is 2. The molecule has 0 aromatic heterocycles. The van der Waals surface area contributed by atoms with Crippen LogP contribution in [0, 0.1) is 11.6 Å². The third kappa shape index (κ3) is 4.00. The van der Waals surface area contributed by atoms with Crippen LogP contribution in [-0.2, 0) is 6.54 Å². The van der Waals surface area contributed by atoms with Crippen molar-refractivity contribution < 1.29 is 18.4 Å². The van der Waals surface area contributed by atoms with E-state index in [0.717, 1.165) is 18.2 Å². The maximum Gasteiger partial charge on any atom is 0.252 e. The Balaban J connectivity index is 1.81. The molecule has 26 heavy (non-hydrogen) atoms. The molecule has 0 fully saturated rings. The van der Waals surface area contributed by atoms with Crippen LogP contribution in [0.4, 0.5) is 8.78 Å². The highest BCUT2D eigenvalue weighted by Crippen LogP contribution is 2.15. The third-order valence-electron chi connectivity index (χ3n) is 3.83. The molecule has 0 radical (unpaired) electrons. The molecule has 0 saturated heterocycles. The molecule has 3 nitrogen and oxygen atoms in total. The molecule has 3 aromatic carbocycles. The molecule has 0 heterocycles. The highest BCUT2D eigenvalue weighted by molar-refractivity contribution is 6.15. The minimum atomic E-state index is -0.714. The Kier molecular flexibility index (Phi) is 5.17. The van der Waals surface area contributed by atoms with Crippen LogP contribution in [0.3, 0.4) is 0 Å². The fourth-order valence-corrected chi connectivity index (χ4v) is 2.61. The van der Waals surface area contributed by atoms with Gasteiger partial charge in [-0.05, 0) is 23.8 Å². The topological polar surface area (TPSA) is 46.2 Å². The van der Waals surface area contributed by atoms with Crippen LogP contribution in [0.15, 0.2) is 72.8 Å². The van der Waals surface area contributed by atoms with E-state index >= 15 is 0 Å². The number of ketones is 1. The molecule has 0 unspecified atom stereocenters. The van der Waals surface area contributed by atoms with Gasteiger partial charge in [-0.2, -0.15) is 0 Å². The second kappa shape index (κ2) is 7.70. The van der Waals surface area contributed by atoms with E-state index in [1.165, 1.54) is 6.07 Å². The fourth-order valence-electron chi connectivity index (χ4n) is 2.61. The van der Waals surface area contributed by atoms with E-state index in [2.05, 4.69) is 5.32 Å². The standard InChI is InChI=1S/C21H15F2NO2/c22-16-10-14(11-17(23)12-16)13-24-21(26)19-9-5-4-8-18(19)20(25)15-6-2-1-3-7-15/h1-12H,13H2,(H,24,26). The molecule has 1 amide bonds. The Morgan fingerprint density at radius 2 is 1.35 bits per heavy atom. The van der Waals surface area contributed by atoms with Gasteiger partial charge in [0.1, 0.15) is 11.6 Å². The maximum absolute atomic E-state index is 13.2. The Morgan fingerprint density at radius 1 is 0.769 bits per heavy atom. The van der Waals surface area contributed by atoms with Gasteiger partial charge in [-0.15, -0.1) is 0 Å². The monoisotopic (exact) mass is 351 g/mol. The molecular weight excluding hydrogens is 336 g/mol. The van der Waals surface area contributed by atoms with Crippen molar-refractivity contribution in [2.24, 2.45) is 0 Å². The van der Waals surface area contributed by atoms with Gasteiger partial charge < -0.3 is 5.32 Å². The van der Waals surface area contributed by atoms with Crippen molar-refractivity contribution in [3.8, 4) is 0 Å². The van der Waals surface area contributed by atoms with Crippen LogP contribution in [0.1, 0.15) is 31.8 Å². The summed E-state index contributed by atoms with van der Waals surface area (Å²) in [6.45, 7) is -0.0542. The van der Waals surface area contributed by atoms with E-state index in [1.54, 1.807) is 48.5 Å². The second-order valence-electron chi connectivity index (χ2n) is 5.70. The Morgan fingerprint density at radius 3 is 2.00 bits per heavy atom. The maximum atomic E-state index is 13.2. The zero-order chi connectivity index (χ0) is 18.5. The minimum Gasteiger partial charge on any atom is -0.348 e. The molecule has 0 aliphatic rings. The van der Waals surface area contributed by atoms with Gasteiger partial charge in [0.15, 0.2) is 5.78 Å². The summed E-state index contributed by atoms with van der Waals surface area (Å²) in [6, 6.07) is 18.1. The predicted octanol–water partition coefficient (Wildman–Crippen LogP) is 4.13. The number of carbonyl (C=O) groups excluding carboxylic acids is 2. The van der Waals surface area contributed by atoms with Gasteiger partial charge >= 0.3 is 0 Å². The number of nitrogens with one attached hydrogen (secondary N) is 1. The Bertz CT molecular complexity index is 935. The van der Waals surface area contributed by atoms with Crippen molar-refractivity contribution in [3.05, 3.63) is 107 Å². The summed E-state index contributed by atoms with van der Waals surface area (Å²) in [5.74, 6) is -2.19. The van der Waals surface area contributed by atoms with Gasteiger partial charge in [-0.1, -0.05) is 48.5 Å². The second-order valence-corrected chi connectivity index (χ2v) is 5.70. The SMILES string of the molecule is O=C(NCc1cc(F)cc(F)c1)c1ccccc1C(=O)c1ccccc1. The van der Waals surface area contributed by atoms with E-state index in [9.17, 15) is 18.4 Å². The average Bonchev–Trinajstić information content (AvgIpc) is 2.65. The quantitative estimate of drug-likeness (QED) is 0.703. The summed E-state index contributed by atoms with van der Waals surface area (Å²) in [7, 11) is 0. The molecule has 3 rings (SSSR count). The largest absolute Gasteiger partial charge is 0.348 e. The zero-order valence-electron chi connectivity index (χ0n) is 13.7. The van der Waals surface area contributed by atoms with E-state index in [-0.39, 0.29) is 23.5 Å². The van der Waals surface area contributed by atoms with Gasteiger partial charge in [0.2, 0.25) is 0 Å². The normalized spacial score (nSPS) is 10.4. The highest BCUT2D eigenvalue weighted by atomic mass is 19.1. The molecule has 3 aromatic rings. The number of rotatable bonds is 5. The third-order valence-corrected chi connectivity index (χ3v) is 3.83. The zero-order valence-corrected chi connectivity index (χ0v) is 13.7. The van der Waals surface area contributed by atoms with E-state index in [1.807, 2.05) is 0 Å². The van der Waals surface area contributed by atoms with Gasteiger partial charge in [-0.25, -0.2) is 8.78 Å². The first-order valence-corrected chi connectivity index (χ1v) is 7.96. The highest BCUT2D eigenvalue weighted by Gasteiger charge is 2.17. The van der Waals surface area contributed by atoms with Crippen LogP contribution < -0.4 is 5.32 Å². The van der Waals surface area contributed by atoms with Gasteiger partial charge in [0.05, 0.1) is 5.56 Å². The summed E-state index contributed by atoms with van der Waals surface area (Å²) in [5, 5.41) is 2.59. The lowest BCUT2D eigenvalue weighted by atomic mass is 9.98. The van der Waals surface area contributed by atoms with Crippen molar-refractivity contribution in [2.75, 3.05) is 0 Å². The van der Waals surface area contributed by atoms with E-state index in [4.69, 9.17) is 0 Å². The molecule has 0 spiro atoms. The van der Waals surface area contributed by atoms with Gasteiger partial charge in [0.25, 0.3) is 5.91 Å². The number of benzene rings is 3. The van der Waals surface area contributed by atoms with E-state index in [0.29, 0.717) is 11.1 Å². The van der Waals surface area contributed by atoms with Crippen molar-refractivity contribution in [2.45, 2.75) is 6.54 Å². The van der Waals surface area contributed by atoms with E-state index < -0.39 is 17.5 Å². The molecule has 0 aliphatic carbocycles.